The van der Waals surface area contributed by atoms with Crippen LogP contribution in [0.1, 0.15) is 91.0 Å². The van der Waals surface area contributed by atoms with Gasteiger partial charge in [0.25, 0.3) is 0 Å². The molecule has 1 saturated heterocycles. The first-order valence-electron chi connectivity index (χ1n) is 13.5. The number of unbranched alkanes of at least 4 members (excludes halogenated alkanes) is 7. The summed E-state index contributed by atoms with van der Waals surface area (Å²) in [7, 11) is 0. The van der Waals surface area contributed by atoms with Gasteiger partial charge in [0.2, 0.25) is 11.9 Å². The minimum Gasteiger partial charge on any atom is -0.463 e. The Morgan fingerprint density at radius 2 is 1.65 bits per heavy atom. The van der Waals surface area contributed by atoms with Crippen LogP contribution in [0.5, 0.6) is 0 Å². The second-order valence-corrected chi connectivity index (χ2v) is 10.7. The van der Waals surface area contributed by atoms with Crippen molar-refractivity contribution < 1.29 is 24.2 Å². The molecule has 9 heteroatoms. The van der Waals surface area contributed by atoms with Crippen molar-refractivity contribution in [3.8, 4) is 0 Å². The van der Waals surface area contributed by atoms with Crippen LogP contribution in [0.15, 0.2) is 29.3 Å². The highest BCUT2D eigenvalue weighted by Crippen LogP contribution is 2.20. The number of amides is 3. The summed E-state index contributed by atoms with van der Waals surface area (Å²) in [6.45, 7) is 7.99. The van der Waals surface area contributed by atoms with Crippen molar-refractivity contribution in [2.45, 2.75) is 97.5 Å². The fraction of sp³-hybridized carbons (Fsp3) is 0.643. The number of benzene rings is 1. The van der Waals surface area contributed by atoms with E-state index < -0.39 is 17.8 Å². The van der Waals surface area contributed by atoms with E-state index in [4.69, 9.17) is 9.84 Å². The molecule has 2 rings (SSSR count). The molecule has 1 aliphatic heterocycles. The molecule has 1 aromatic carbocycles. The van der Waals surface area contributed by atoms with E-state index in [-0.39, 0.29) is 24.3 Å². The van der Waals surface area contributed by atoms with Gasteiger partial charge >= 0.3 is 12.2 Å². The number of alkyl carbamates (subject to hydrolysis) is 1. The second-order valence-electron chi connectivity index (χ2n) is 10.7. The number of carbonyl (C=O) groups is 3. The number of nitrogens with zero attached hydrogens (tertiary/aromatic N) is 2. The Morgan fingerprint density at radius 3 is 2.24 bits per heavy atom. The zero-order valence-corrected chi connectivity index (χ0v) is 22.8. The van der Waals surface area contributed by atoms with E-state index in [0.717, 1.165) is 12.1 Å². The Morgan fingerprint density at radius 1 is 1.03 bits per heavy atom. The molecule has 0 unspecified atom stereocenters. The molecule has 37 heavy (non-hydrogen) atoms. The number of aryl methyl sites for hydroxylation is 1. The van der Waals surface area contributed by atoms with Crippen LogP contribution in [0.2, 0.25) is 0 Å². The largest absolute Gasteiger partial charge is 0.463 e. The number of aliphatic imine (C=N–C) groups is 1. The summed E-state index contributed by atoms with van der Waals surface area (Å²) >= 11 is 0. The van der Waals surface area contributed by atoms with Crippen molar-refractivity contribution in [1.29, 1.82) is 0 Å². The molecular weight excluding hydrogens is 472 g/mol. The second kappa shape index (κ2) is 15.2. The van der Waals surface area contributed by atoms with Crippen LogP contribution in [0, 0.1) is 5.92 Å². The van der Waals surface area contributed by atoms with Crippen molar-refractivity contribution in [3.05, 3.63) is 29.8 Å². The Balaban J connectivity index is 1.80. The molecule has 1 aliphatic rings. The van der Waals surface area contributed by atoms with E-state index in [1.54, 1.807) is 25.7 Å². The van der Waals surface area contributed by atoms with E-state index in [1.807, 2.05) is 12.1 Å². The van der Waals surface area contributed by atoms with Gasteiger partial charge in [0.15, 0.2) is 0 Å². The highest BCUT2D eigenvalue weighted by Gasteiger charge is 2.32. The molecule has 0 aliphatic carbocycles. The lowest BCUT2D eigenvalue weighted by Gasteiger charge is -2.23. The lowest BCUT2D eigenvalue weighted by Crippen LogP contribution is -2.45. The predicted octanol–water partition coefficient (Wildman–Crippen LogP) is 6.19. The first kappa shape index (κ1) is 30.1. The number of carbonyl (C=O) groups excluding carboxylic acids is 2. The van der Waals surface area contributed by atoms with Crippen molar-refractivity contribution in [2.24, 2.45) is 10.9 Å². The molecule has 0 radical (unpaired) electrons. The average molecular weight is 517 g/mol. The van der Waals surface area contributed by atoms with Gasteiger partial charge in [0.05, 0.1) is 5.92 Å². The molecule has 206 valence electrons. The van der Waals surface area contributed by atoms with Crippen molar-refractivity contribution in [3.63, 3.8) is 0 Å². The zero-order chi connectivity index (χ0) is 27.3. The Kier molecular flexibility index (Phi) is 12.4. The molecule has 0 saturated carbocycles. The monoisotopic (exact) mass is 516 g/mol. The highest BCUT2D eigenvalue weighted by molar-refractivity contribution is 5.99. The third-order valence-electron chi connectivity index (χ3n) is 6.21. The van der Waals surface area contributed by atoms with Gasteiger partial charge in [-0.3, -0.25) is 10.1 Å². The fourth-order valence-electron chi connectivity index (χ4n) is 4.29. The van der Waals surface area contributed by atoms with Crippen LogP contribution in [0.4, 0.5) is 15.3 Å². The summed E-state index contributed by atoms with van der Waals surface area (Å²) in [5.41, 5.74) is 1.25. The molecule has 0 aromatic heterocycles. The van der Waals surface area contributed by atoms with E-state index in [2.05, 4.69) is 34.7 Å². The van der Waals surface area contributed by atoms with Gasteiger partial charge in [0, 0.05) is 18.8 Å². The lowest BCUT2D eigenvalue weighted by atomic mass is 10.0. The van der Waals surface area contributed by atoms with Crippen molar-refractivity contribution >= 4 is 29.7 Å². The third kappa shape index (κ3) is 12.1. The summed E-state index contributed by atoms with van der Waals surface area (Å²) in [6, 6.07) is 7.96. The number of likely N-dealkylation sites (tertiary alicyclic amines) is 1. The molecule has 0 spiro atoms. The first-order chi connectivity index (χ1) is 17.6. The Bertz CT molecular complexity index is 908. The number of hydrogen-bond donors (Lipinski definition) is 3. The number of ether oxygens (including phenoxy) is 1. The molecule has 1 fully saturated rings. The number of carboxylic acid groups (broad SMARTS) is 1. The SMILES string of the molecule is CCCCCCCCCCc1ccc(NC(=O)[C@H]2CCN(C(=NC(=O)O)NC(=O)OC(C)(C)C)C2)cc1. The van der Waals surface area contributed by atoms with Crippen molar-refractivity contribution in [1.82, 2.24) is 10.2 Å². The Hall–Kier alpha value is -3.10. The standard InChI is InChI=1S/C28H44N4O5/c1-5-6-7-8-9-10-11-12-13-21-14-16-23(17-15-21)29-24(33)22-18-19-32(20-22)25(30-26(34)35)31-27(36)37-28(2,3)4/h14-17,22H,5-13,18-20H2,1-4H3,(H,29,33)(H,34,35)(H,30,31,36)/t22-/m0/s1. The van der Waals surface area contributed by atoms with Gasteiger partial charge in [-0.2, -0.15) is 0 Å². The van der Waals surface area contributed by atoms with E-state index >= 15 is 0 Å². The molecular formula is C28H44N4O5. The third-order valence-corrected chi connectivity index (χ3v) is 6.21. The maximum absolute atomic E-state index is 12.8. The molecule has 9 nitrogen and oxygen atoms in total. The molecule has 1 aromatic rings. The molecule has 3 amide bonds. The van der Waals surface area contributed by atoms with Crippen LogP contribution < -0.4 is 10.6 Å². The number of anilines is 1. The molecule has 1 heterocycles. The fourth-order valence-corrected chi connectivity index (χ4v) is 4.29. The van der Waals surface area contributed by atoms with Crippen molar-refractivity contribution in [2.75, 3.05) is 18.4 Å². The van der Waals surface area contributed by atoms with Gasteiger partial charge in [-0.1, -0.05) is 64.0 Å². The maximum atomic E-state index is 12.8. The summed E-state index contributed by atoms with van der Waals surface area (Å²) in [6.07, 6.45) is 9.67. The smallest absolute Gasteiger partial charge is 0.434 e. The summed E-state index contributed by atoms with van der Waals surface area (Å²) < 4.78 is 5.20. The minimum atomic E-state index is -1.44. The van der Waals surface area contributed by atoms with Gasteiger partial charge in [-0.25, -0.2) is 9.59 Å². The van der Waals surface area contributed by atoms with Crippen LogP contribution in [-0.2, 0) is 16.0 Å². The normalized spacial score (nSPS) is 15.9. The molecule has 3 N–H and O–H groups in total. The average Bonchev–Trinajstić information content (AvgIpc) is 3.30. The first-order valence-corrected chi connectivity index (χ1v) is 13.5. The molecule has 1 atom stereocenters. The van der Waals surface area contributed by atoms with Crippen LogP contribution in [-0.4, -0.2) is 52.8 Å². The van der Waals surface area contributed by atoms with Crippen LogP contribution >= 0.6 is 0 Å². The van der Waals surface area contributed by atoms with Gasteiger partial charge in [-0.05, 0) is 57.7 Å². The zero-order valence-electron chi connectivity index (χ0n) is 22.8. The maximum Gasteiger partial charge on any atom is 0.434 e. The van der Waals surface area contributed by atoms with Crippen LogP contribution in [0.3, 0.4) is 0 Å². The van der Waals surface area contributed by atoms with Crippen LogP contribution in [0.25, 0.3) is 0 Å². The number of nitrogens with one attached hydrogen (secondary N) is 2. The topological polar surface area (TPSA) is 120 Å². The number of hydrogen-bond acceptors (Lipinski definition) is 4. The Labute approximate surface area is 221 Å². The van der Waals surface area contributed by atoms with E-state index in [9.17, 15) is 14.4 Å². The summed E-state index contributed by atoms with van der Waals surface area (Å²) in [4.78, 5) is 41.2. The highest BCUT2D eigenvalue weighted by atomic mass is 16.6. The van der Waals surface area contributed by atoms with Gasteiger partial charge in [-0.15, -0.1) is 4.99 Å². The lowest BCUT2D eigenvalue weighted by molar-refractivity contribution is -0.119. The molecule has 0 bridgehead atoms. The summed E-state index contributed by atoms with van der Waals surface area (Å²) in [5.74, 6) is -0.649. The number of rotatable bonds is 11. The van der Waals surface area contributed by atoms with E-state index in [0.29, 0.717) is 13.0 Å². The summed E-state index contributed by atoms with van der Waals surface area (Å²) in [5, 5.41) is 14.5. The number of guanidine groups is 1. The van der Waals surface area contributed by atoms with E-state index in [1.165, 1.54) is 56.9 Å². The predicted molar refractivity (Wildman–Crippen MR) is 146 cm³/mol. The quantitative estimate of drug-likeness (QED) is 0.183. The minimum absolute atomic E-state index is 0.137. The van der Waals surface area contributed by atoms with Gasteiger partial charge < -0.3 is 20.1 Å². The van der Waals surface area contributed by atoms with Gasteiger partial charge in [0.1, 0.15) is 5.60 Å².